The van der Waals surface area contributed by atoms with E-state index in [1.807, 2.05) is 18.2 Å². The minimum absolute atomic E-state index is 0.0856. The van der Waals surface area contributed by atoms with Crippen molar-refractivity contribution in [1.82, 2.24) is 4.90 Å². The van der Waals surface area contributed by atoms with Gasteiger partial charge >= 0.3 is 0 Å². The molecule has 0 spiro atoms. The monoisotopic (exact) mass is 298 g/mol. The molecule has 1 heterocycles. The fraction of sp³-hybridized carbons (Fsp3) is 0.538. The van der Waals surface area contributed by atoms with Gasteiger partial charge < -0.3 is 10.5 Å². The van der Waals surface area contributed by atoms with Gasteiger partial charge in [-0.25, -0.2) is 0 Å². The molecule has 1 fully saturated rings. The highest BCUT2D eigenvalue weighted by Gasteiger charge is 2.30. The number of nitrogens with two attached hydrogens (primary N) is 1. The van der Waals surface area contributed by atoms with E-state index in [4.69, 9.17) is 10.5 Å². The zero-order valence-corrected chi connectivity index (χ0v) is 12.0. The van der Waals surface area contributed by atoms with Gasteiger partial charge in [0, 0.05) is 28.8 Å². The number of nitrogen functional groups attached to an aromatic ring is 1. The van der Waals surface area contributed by atoms with Gasteiger partial charge in [0.1, 0.15) is 0 Å². The second kappa shape index (κ2) is 4.96. The number of hydrogen-bond donors (Lipinski definition) is 1. The Bertz CT molecular complexity index is 406. The molecule has 1 aliphatic heterocycles. The van der Waals surface area contributed by atoms with E-state index in [9.17, 15) is 0 Å². The molecule has 2 N–H and O–H groups in total. The summed E-state index contributed by atoms with van der Waals surface area (Å²) in [6.45, 7) is 7.89. The quantitative estimate of drug-likeness (QED) is 0.853. The molecule has 1 aliphatic rings. The van der Waals surface area contributed by atoms with Gasteiger partial charge in [0.25, 0.3) is 0 Å². The Labute approximate surface area is 111 Å². The van der Waals surface area contributed by atoms with Crippen molar-refractivity contribution >= 4 is 21.6 Å². The van der Waals surface area contributed by atoms with Gasteiger partial charge in [-0.1, -0.05) is 15.9 Å². The summed E-state index contributed by atoms with van der Waals surface area (Å²) in [5.74, 6) is 0. The molecule has 4 heteroatoms. The maximum atomic E-state index is 5.84. The molecular formula is C13H19BrN2O. The molecule has 17 heavy (non-hydrogen) atoms. The lowest BCUT2D eigenvalue weighted by Crippen LogP contribution is -2.52. The van der Waals surface area contributed by atoms with E-state index in [1.165, 1.54) is 5.56 Å². The number of nitrogens with zero attached hydrogens (tertiary/aromatic N) is 1. The average Bonchev–Trinajstić information content (AvgIpc) is 2.26. The summed E-state index contributed by atoms with van der Waals surface area (Å²) >= 11 is 3.58. The number of hydrogen-bond acceptors (Lipinski definition) is 3. The van der Waals surface area contributed by atoms with Gasteiger partial charge in [-0.15, -0.1) is 0 Å². The number of rotatable bonds is 2. The summed E-state index contributed by atoms with van der Waals surface area (Å²) in [7, 11) is 0. The zero-order chi connectivity index (χ0) is 12.5. The zero-order valence-electron chi connectivity index (χ0n) is 10.4. The van der Waals surface area contributed by atoms with Crippen molar-refractivity contribution in [1.29, 1.82) is 0 Å². The van der Waals surface area contributed by atoms with Crippen LogP contribution in [0.3, 0.4) is 0 Å². The Kier molecular flexibility index (Phi) is 3.76. The van der Waals surface area contributed by atoms with Gasteiger partial charge in [0.15, 0.2) is 0 Å². The number of halogens is 1. The second-order valence-corrected chi connectivity index (χ2v) is 5.99. The first-order chi connectivity index (χ1) is 7.99. The van der Waals surface area contributed by atoms with Crippen LogP contribution in [0.4, 0.5) is 5.69 Å². The average molecular weight is 299 g/mol. The lowest BCUT2D eigenvalue weighted by atomic mass is 10.0. The predicted molar refractivity (Wildman–Crippen MR) is 73.9 cm³/mol. The van der Waals surface area contributed by atoms with Crippen molar-refractivity contribution in [3.05, 3.63) is 28.2 Å². The van der Waals surface area contributed by atoms with Gasteiger partial charge in [0.2, 0.25) is 0 Å². The van der Waals surface area contributed by atoms with Crippen molar-refractivity contribution in [3.8, 4) is 0 Å². The third kappa shape index (κ3) is 3.00. The minimum atomic E-state index is 0.0856. The molecule has 0 unspecified atom stereocenters. The standard InChI is InChI=1S/C13H19BrN2O/c1-13(2)9-17-6-5-16(13)8-10-7-11(15)3-4-12(10)14/h3-4,7H,5-6,8-9,15H2,1-2H3. The van der Waals surface area contributed by atoms with Crippen LogP contribution < -0.4 is 5.73 Å². The van der Waals surface area contributed by atoms with Crippen molar-refractivity contribution < 1.29 is 4.74 Å². The van der Waals surface area contributed by atoms with Crippen molar-refractivity contribution in [3.63, 3.8) is 0 Å². The van der Waals surface area contributed by atoms with E-state index in [0.717, 1.165) is 36.5 Å². The van der Waals surface area contributed by atoms with Crippen LogP contribution in [0.1, 0.15) is 19.4 Å². The molecule has 0 aliphatic carbocycles. The maximum absolute atomic E-state index is 5.84. The van der Waals surface area contributed by atoms with E-state index >= 15 is 0 Å². The van der Waals surface area contributed by atoms with Crippen molar-refractivity contribution in [2.24, 2.45) is 0 Å². The largest absolute Gasteiger partial charge is 0.399 e. The molecule has 0 radical (unpaired) electrons. The number of benzene rings is 1. The highest BCUT2D eigenvalue weighted by Crippen LogP contribution is 2.26. The third-order valence-corrected chi connectivity index (χ3v) is 4.02. The molecule has 3 nitrogen and oxygen atoms in total. The molecule has 1 saturated heterocycles. The van der Waals surface area contributed by atoms with E-state index < -0.39 is 0 Å². The summed E-state index contributed by atoms with van der Waals surface area (Å²) in [5, 5.41) is 0. The molecule has 0 bridgehead atoms. The van der Waals surface area contributed by atoms with Gasteiger partial charge in [-0.2, -0.15) is 0 Å². The Morgan fingerprint density at radius 3 is 2.94 bits per heavy atom. The topological polar surface area (TPSA) is 38.5 Å². The summed E-state index contributed by atoms with van der Waals surface area (Å²) < 4.78 is 6.65. The van der Waals surface area contributed by atoms with E-state index in [-0.39, 0.29) is 5.54 Å². The normalized spacial score (nSPS) is 20.4. The van der Waals surface area contributed by atoms with E-state index in [0.29, 0.717) is 0 Å². The highest BCUT2D eigenvalue weighted by atomic mass is 79.9. The first-order valence-corrected chi connectivity index (χ1v) is 6.65. The first-order valence-electron chi connectivity index (χ1n) is 5.86. The smallest absolute Gasteiger partial charge is 0.0645 e. The Balaban J connectivity index is 2.16. The Morgan fingerprint density at radius 2 is 2.24 bits per heavy atom. The van der Waals surface area contributed by atoms with Gasteiger partial charge in [-0.05, 0) is 37.6 Å². The summed E-state index contributed by atoms with van der Waals surface area (Å²) in [4.78, 5) is 2.44. The van der Waals surface area contributed by atoms with Crippen LogP contribution in [0.5, 0.6) is 0 Å². The summed E-state index contributed by atoms with van der Waals surface area (Å²) in [6, 6.07) is 5.96. The fourth-order valence-corrected chi connectivity index (χ4v) is 2.48. The third-order valence-electron chi connectivity index (χ3n) is 3.25. The molecule has 0 saturated carbocycles. The maximum Gasteiger partial charge on any atom is 0.0645 e. The molecule has 0 amide bonds. The van der Waals surface area contributed by atoms with Gasteiger partial charge in [0.05, 0.1) is 13.2 Å². The predicted octanol–water partition coefficient (Wildman–Crippen LogP) is 2.64. The van der Waals surface area contributed by atoms with Crippen LogP contribution in [0.15, 0.2) is 22.7 Å². The lowest BCUT2D eigenvalue weighted by Gasteiger charge is -2.42. The lowest BCUT2D eigenvalue weighted by molar-refractivity contribution is -0.0553. The van der Waals surface area contributed by atoms with E-state index in [1.54, 1.807) is 0 Å². The van der Waals surface area contributed by atoms with Crippen LogP contribution in [0.25, 0.3) is 0 Å². The van der Waals surface area contributed by atoms with Gasteiger partial charge in [-0.3, -0.25) is 4.90 Å². The molecule has 0 atom stereocenters. The Hall–Kier alpha value is -0.580. The SMILES string of the molecule is CC1(C)COCCN1Cc1cc(N)ccc1Br. The molecular weight excluding hydrogens is 280 g/mol. The first kappa shape index (κ1) is 12.9. The van der Waals surface area contributed by atoms with Crippen molar-refractivity contribution in [2.45, 2.75) is 25.9 Å². The van der Waals surface area contributed by atoms with Crippen molar-refractivity contribution in [2.75, 3.05) is 25.5 Å². The molecule has 1 aromatic rings. The highest BCUT2D eigenvalue weighted by molar-refractivity contribution is 9.10. The molecule has 2 rings (SSSR count). The summed E-state index contributed by atoms with van der Waals surface area (Å²) in [5.41, 5.74) is 7.97. The Morgan fingerprint density at radius 1 is 1.47 bits per heavy atom. The second-order valence-electron chi connectivity index (χ2n) is 5.14. The number of ether oxygens (including phenoxy) is 1. The van der Waals surface area contributed by atoms with E-state index in [2.05, 4.69) is 34.7 Å². The number of anilines is 1. The van der Waals surface area contributed by atoms with Crippen LogP contribution in [0, 0.1) is 0 Å². The van der Waals surface area contributed by atoms with Crippen LogP contribution in [-0.4, -0.2) is 30.2 Å². The molecule has 0 aromatic heterocycles. The molecule has 1 aromatic carbocycles. The summed E-state index contributed by atoms with van der Waals surface area (Å²) in [6.07, 6.45) is 0. The number of morpholine rings is 1. The van der Waals surface area contributed by atoms with Crippen LogP contribution in [-0.2, 0) is 11.3 Å². The van der Waals surface area contributed by atoms with Crippen LogP contribution >= 0.6 is 15.9 Å². The minimum Gasteiger partial charge on any atom is -0.399 e. The fourth-order valence-electron chi connectivity index (χ4n) is 2.11. The molecule has 94 valence electrons. The van der Waals surface area contributed by atoms with Crippen LogP contribution in [0.2, 0.25) is 0 Å².